The molecule has 3 aromatic rings. The van der Waals surface area contributed by atoms with Crippen LogP contribution in [-0.4, -0.2) is 47.1 Å². The number of rotatable bonds is 5. The number of anilines is 1. The number of amides is 1. The number of benzene rings is 2. The number of carbonyl (C=O) groups is 2. The van der Waals surface area contributed by atoms with E-state index in [4.69, 9.17) is 16.3 Å². The van der Waals surface area contributed by atoms with Gasteiger partial charge in [-0.3, -0.25) is 14.7 Å². The molecule has 1 aliphatic heterocycles. The second-order valence-electron chi connectivity index (χ2n) is 7.09. The zero-order valence-electron chi connectivity index (χ0n) is 16.3. The predicted octanol–water partition coefficient (Wildman–Crippen LogP) is 3.59. The zero-order valence-corrected chi connectivity index (χ0v) is 17.1. The minimum atomic E-state index is -0.986. The van der Waals surface area contributed by atoms with E-state index in [0.717, 1.165) is 5.69 Å². The maximum absolute atomic E-state index is 12.6. The molecule has 0 atom stereocenters. The van der Waals surface area contributed by atoms with Gasteiger partial charge in [0.05, 0.1) is 30.4 Å². The van der Waals surface area contributed by atoms with Gasteiger partial charge in [0.2, 0.25) is 5.91 Å². The van der Waals surface area contributed by atoms with Crippen LogP contribution in [0.3, 0.4) is 0 Å². The fraction of sp³-hybridized carbons (Fsp3) is 0.227. The first-order chi connectivity index (χ1) is 14.5. The molecule has 8 heteroatoms. The summed E-state index contributed by atoms with van der Waals surface area (Å²) in [4.78, 5) is 31.2. The van der Waals surface area contributed by atoms with E-state index in [-0.39, 0.29) is 18.0 Å². The van der Waals surface area contributed by atoms with Crippen molar-refractivity contribution in [2.75, 3.05) is 25.5 Å². The Labute approximate surface area is 178 Å². The summed E-state index contributed by atoms with van der Waals surface area (Å²) in [6.07, 6.45) is 0.578. The molecule has 0 bridgehead atoms. The molecule has 2 heterocycles. The highest BCUT2D eigenvalue weighted by molar-refractivity contribution is 6.31. The van der Waals surface area contributed by atoms with Crippen molar-refractivity contribution in [2.45, 2.75) is 13.0 Å². The van der Waals surface area contributed by atoms with Crippen LogP contribution < -0.4 is 10.1 Å². The fourth-order valence-electron chi connectivity index (χ4n) is 3.80. The molecular weight excluding hydrogens is 406 g/mol. The zero-order chi connectivity index (χ0) is 21.3. The van der Waals surface area contributed by atoms with E-state index in [1.54, 1.807) is 30.3 Å². The lowest BCUT2D eigenvalue weighted by molar-refractivity contribution is -0.117. The quantitative estimate of drug-likeness (QED) is 0.649. The second-order valence-corrected chi connectivity index (χ2v) is 7.52. The smallest absolute Gasteiger partial charge is 0.336 e. The van der Waals surface area contributed by atoms with Crippen LogP contribution in [0.25, 0.3) is 10.9 Å². The average molecular weight is 426 g/mol. The van der Waals surface area contributed by atoms with Crippen molar-refractivity contribution < 1.29 is 19.4 Å². The number of halogens is 1. The van der Waals surface area contributed by atoms with Crippen LogP contribution in [0.15, 0.2) is 42.5 Å². The Hall–Kier alpha value is -3.16. The van der Waals surface area contributed by atoms with Gasteiger partial charge in [0.25, 0.3) is 0 Å². The fourth-order valence-corrected chi connectivity index (χ4v) is 3.97. The molecule has 0 radical (unpaired) electrons. The minimum absolute atomic E-state index is 0.112. The third kappa shape index (κ3) is 3.94. The van der Waals surface area contributed by atoms with Crippen molar-refractivity contribution in [3.63, 3.8) is 0 Å². The predicted molar refractivity (Wildman–Crippen MR) is 114 cm³/mol. The van der Waals surface area contributed by atoms with Gasteiger partial charge in [-0.2, -0.15) is 0 Å². The number of aromatic nitrogens is 1. The van der Waals surface area contributed by atoms with E-state index in [9.17, 15) is 14.7 Å². The van der Waals surface area contributed by atoms with E-state index in [1.807, 2.05) is 17.0 Å². The van der Waals surface area contributed by atoms with Crippen LogP contribution in [0.5, 0.6) is 5.75 Å². The van der Waals surface area contributed by atoms with Gasteiger partial charge >= 0.3 is 5.97 Å². The summed E-state index contributed by atoms with van der Waals surface area (Å²) in [6.45, 7) is 1.06. The minimum Gasteiger partial charge on any atom is -0.495 e. The molecule has 1 aliphatic rings. The largest absolute Gasteiger partial charge is 0.495 e. The van der Waals surface area contributed by atoms with E-state index in [2.05, 4.69) is 10.3 Å². The first-order valence-electron chi connectivity index (χ1n) is 9.46. The number of nitrogens with zero attached hydrogens (tertiary/aromatic N) is 2. The van der Waals surface area contributed by atoms with Crippen molar-refractivity contribution in [3.05, 3.63) is 64.3 Å². The van der Waals surface area contributed by atoms with Crippen LogP contribution >= 0.6 is 11.6 Å². The number of ether oxygens (including phenoxy) is 1. The number of hydrogen-bond donors (Lipinski definition) is 2. The van der Waals surface area contributed by atoms with Gasteiger partial charge in [0.15, 0.2) is 0 Å². The summed E-state index contributed by atoms with van der Waals surface area (Å²) in [6, 6.07) is 12.2. The van der Waals surface area contributed by atoms with Gasteiger partial charge < -0.3 is 15.2 Å². The number of methoxy groups -OCH3 is 1. The molecule has 7 nitrogen and oxygen atoms in total. The first-order valence-corrected chi connectivity index (χ1v) is 9.83. The lowest BCUT2D eigenvalue weighted by atomic mass is 9.96. The van der Waals surface area contributed by atoms with E-state index in [1.165, 1.54) is 7.11 Å². The summed E-state index contributed by atoms with van der Waals surface area (Å²) in [5.41, 5.74) is 2.87. The van der Waals surface area contributed by atoms with Crippen molar-refractivity contribution in [3.8, 4) is 5.75 Å². The Balaban J connectivity index is 1.56. The number of carboxylic acids is 1. The van der Waals surface area contributed by atoms with Crippen molar-refractivity contribution in [2.24, 2.45) is 0 Å². The molecule has 30 heavy (non-hydrogen) atoms. The summed E-state index contributed by atoms with van der Waals surface area (Å²) in [5, 5.41) is 13.8. The Morgan fingerprint density at radius 3 is 2.83 bits per heavy atom. The summed E-state index contributed by atoms with van der Waals surface area (Å²) < 4.78 is 5.26. The standard InChI is InChI=1S/C22H20ClN3O4/c1-30-19-7-6-13(23)10-18(19)25-20(27)12-26-9-8-17-15(11-26)21(22(28)29)14-4-2-3-5-16(14)24-17/h2-7,10H,8-9,11-12H2,1H3,(H,25,27)(H,28,29). The Bertz CT molecular complexity index is 1150. The van der Waals surface area contributed by atoms with Crippen LogP contribution in [0.4, 0.5) is 5.69 Å². The van der Waals surface area contributed by atoms with Gasteiger partial charge in [0, 0.05) is 41.2 Å². The van der Waals surface area contributed by atoms with Crippen LogP contribution in [0.1, 0.15) is 21.6 Å². The van der Waals surface area contributed by atoms with E-state index < -0.39 is 5.97 Å². The normalized spacial score (nSPS) is 13.7. The number of carboxylic acid groups (broad SMARTS) is 1. The van der Waals surface area contributed by atoms with E-state index in [0.29, 0.717) is 52.4 Å². The van der Waals surface area contributed by atoms with Crippen LogP contribution in [0, 0.1) is 0 Å². The summed E-state index contributed by atoms with van der Waals surface area (Å²) >= 11 is 6.02. The maximum atomic E-state index is 12.6. The van der Waals surface area contributed by atoms with Crippen LogP contribution in [0.2, 0.25) is 5.02 Å². The first kappa shape index (κ1) is 20.1. The van der Waals surface area contributed by atoms with Crippen molar-refractivity contribution in [1.82, 2.24) is 9.88 Å². The van der Waals surface area contributed by atoms with Crippen molar-refractivity contribution in [1.29, 1.82) is 0 Å². The Kier molecular flexibility index (Phi) is 5.57. The van der Waals surface area contributed by atoms with Gasteiger partial charge in [0.1, 0.15) is 5.75 Å². The third-order valence-electron chi connectivity index (χ3n) is 5.14. The molecule has 0 saturated heterocycles. The highest BCUT2D eigenvalue weighted by atomic mass is 35.5. The average Bonchev–Trinajstić information content (AvgIpc) is 2.72. The van der Waals surface area contributed by atoms with E-state index >= 15 is 0 Å². The number of aromatic carboxylic acids is 1. The topological polar surface area (TPSA) is 91.8 Å². The van der Waals surface area contributed by atoms with Crippen LogP contribution in [-0.2, 0) is 17.8 Å². The highest BCUT2D eigenvalue weighted by Gasteiger charge is 2.26. The number of fused-ring (bicyclic) bond motifs is 2. The highest BCUT2D eigenvalue weighted by Crippen LogP contribution is 2.29. The molecule has 2 N–H and O–H groups in total. The number of para-hydroxylation sites is 1. The summed E-state index contributed by atoms with van der Waals surface area (Å²) in [5.74, 6) is -0.704. The molecule has 0 saturated carbocycles. The monoisotopic (exact) mass is 425 g/mol. The molecule has 0 spiro atoms. The molecule has 2 aromatic carbocycles. The van der Waals surface area contributed by atoms with Gasteiger partial charge in [-0.15, -0.1) is 0 Å². The molecular formula is C22H20ClN3O4. The Morgan fingerprint density at radius 1 is 1.27 bits per heavy atom. The van der Waals surface area contributed by atoms with Gasteiger partial charge in [-0.05, 0) is 24.3 Å². The molecule has 0 fully saturated rings. The SMILES string of the molecule is COc1ccc(Cl)cc1NC(=O)CN1CCc2nc3ccccc3c(C(=O)O)c2C1. The number of carbonyl (C=O) groups excluding carboxylic acids is 1. The molecule has 1 aromatic heterocycles. The number of pyridine rings is 1. The van der Waals surface area contributed by atoms with Crippen molar-refractivity contribution >= 4 is 40.1 Å². The lowest BCUT2D eigenvalue weighted by Crippen LogP contribution is -2.38. The molecule has 0 unspecified atom stereocenters. The Morgan fingerprint density at radius 2 is 2.07 bits per heavy atom. The maximum Gasteiger partial charge on any atom is 0.336 e. The molecule has 1 amide bonds. The lowest BCUT2D eigenvalue weighted by Gasteiger charge is -2.29. The molecule has 4 rings (SSSR count). The summed E-state index contributed by atoms with van der Waals surface area (Å²) in [7, 11) is 1.52. The number of nitrogens with one attached hydrogen (secondary N) is 1. The second kappa shape index (κ2) is 8.30. The third-order valence-corrected chi connectivity index (χ3v) is 5.38. The van der Waals surface area contributed by atoms with Gasteiger partial charge in [-0.25, -0.2) is 4.79 Å². The molecule has 154 valence electrons. The molecule has 0 aliphatic carbocycles. The number of hydrogen-bond acceptors (Lipinski definition) is 5. The van der Waals surface area contributed by atoms with Gasteiger partial charge in [-0.1, -0.05) is 29.8 Å².